The second kappa shape index (κ2) is 10.7. The summed E-state index contributed by atoms with van der Waals surface area (Å²) in [5, 5.41) is 11.5. The van der Waals surface area contributed by atoms with E-state index < -0.39 is 17.8 Å². The Morgan fingerprint density at radius 3 is 2.54 bits per heavy atom. The molecule has 0 saturated heterocycles. The highest BCUT2D eigenvalue weighted by molar-refractivity contribution is 6.02. The summed E-state index contributed by atoms with van der Waals surface area (Å²) >= 11 is 0. The fraction of sp³-hybridized carbons (Fsp3) is 0.310. The van der Waals surface area contributed by atoms with Gasteiger partial charge in [0.2, 0.25) is 11.8 Å². The van der Waals surface area contributed by atoms with Crippen molar-refractivity contribution in [3.05, 3.63) is 78.1 Å². The van der Waals surface area contributed by atoms with Crippen molar-refractivity contribution in [1.82, 2.24) is 20.3 Å². The lowest BCUT2D eigenvalue weighted by molar-refractivity contribution is -0.127. The molecule has 4 aromatic rings. The lowest BCUT2D eigenvalue weighted by atomic mass is 10.0. The van der Waals surface area contributed by atoms with E-state index in [4.69, 9.17) is 9.47 Å². The molecule has 2 amide bonds. The van der Waals surface area contributed by atoms with Crippen LogP contribution < -0.4 is 19.7 Å². The van der Waals surface area contributed by atoms with Crippen molar-refractivity contribution in [3.8, 4) is 11.5 Å². The second-order valence-electron chi connectivity index (χ2n) is 9.77. The minimum atomic E-state index is -1.06. The van der Waals surface area contributed by atoms with Gasteiger partial charge in [-0.2, -0.15) is 0 Å². The highest BCUT2D eigenvalue weighted by Crippen LogP contribution is 2.37. The molecule has 2 aliphatic rings. The summed E-state index contributed by atoms with van der Waals surface area (Å²) in [5.74, 6) is -0.108. The number of nitrogens with zero attached hydrogens (tertiary/aromatic N) is 4. The number of anilines is 1. The van der Waals surface area contributed by atoms with E-state index in [1.807, 2.05) is 24.3 Å². The Kier molecular flexibility index (Phi) is 6.83. The van der Waals surface area contributed by atoms with E-state index in [2.05, 4.69) is 15.6 Å². The maximum absolute atomic E-state index is 14.2. The van der Waals surface area contributed by atoms with Gasteiger partial charge in [0, 0.05) is 17.8 Å². The number of rotatable bonds is 7. The van der Waals surface area contributed by atoms with Gasteiger partial charge in [0.05, 0.1) is 5.52 Å². The third kappa shape index (κ3) is 5.14. The van der Waals surface area contributed by atoms with E-state index in [0.717, 1.165) is 25.7 Å². The van der Waals surface area contributed by atoms with Crippen LogP contribution in [0.4, 0.5) is 10.1 Å². The molecule has 6 rings (SSSR count). The van der Waals surface area contributed by atoms with Crippen LogP contribution in [-0.4, -0.2) is 46.1 Å². The summed E-state index contributed by atoms with van der Waals surface area (Å²) < 4.78 is 26.9. The Morgan fingerprint density at radius 2 is 1.74 bits per heavy atom. The quantitative estimate of drug-likeness (QED) is 0.386. The summed E-state index contributed by atoms with van der Waals surface area (Å²) in [6.45, 7) is 0.638. The van der Waals surface area contributed by atoms with Crippen molar-refractivity contribution in [1.29, 1.82) is 0 Å². The van der Waals surface area contributed by atoms with Gasteiger partial charge in [-0.15, -0.1) is 5.10 Å². The van der Waals surface area contributed by atoms with Gasteiger partial charge in [0.15, 0.2) is 11.5 Å². The van der Waals surface area contributed by atoms with Crippen molar-refractivity contribution >= 4 is 28.5 Å². The van der Waals surface area contributed by atoms with E-state index in [9.17, 15) is 14.0 Å². The van der Waals surface area contributed by atoms with Crippen LogP contribution in [0.1, 0.15) is 37.3 Å². The molecule has 0 bridgehead atoms. The summed E-state index contributed by atoms with van der Waals surface area (Å²) in [6, 6.07) is 17.1. The molecule has 200 valence electrons. The minimum absolute atomic E-state index is 0.0249. The zero-order valence-corrected chi connectivity index (χ0v) is 21.3. The van der Waals surface area contributed by atoms with E-state index in [-0.39, 0.29) is 18.5 Å². The standard InChI is InChI=1S/C29H28FN5O4/c30-20-11-9-19(10-12-20)28(29(37)31-21-5-1-2-6-21)35(22-13-14-25-26(17-22)39-16-15-38-25)27(36)18-34-24-8-4-3-7-23(24)32-33-34/h3-4,7-14,17,21,28H,1-2,5-6,15-16,18H2,(H,31,37). The normalized spacial score (nSPS) is 15.7. The average molecular weight is 530 g/mol. The number of nitrogens with one attached hydrogen (secondary N) is 1. The molecular formula is C29H28FN5O4. The van der Waals surface area contributed by atoms with Crippen LogP contribution in [0.25, 0.3) is 11.0 Å². The number of hydrogen-bond acceptors (Lipinski definition) is 6. The van der Waals surface area contributed by atoms with Gasteiger partial charge in [-0.1, -0.05) is 42.3 Å². The van der Waals surface area contributed by atoms with Crippen LogP contribution in [0.5, 0.6) is 11.5 Å². The number of fused-ring (bicyclic) bond motifs is 2. The maximum atomic E-state index is 14.2. The Bertz CT molecular complexity index is 1500. The van der Waals surface area contributed by atoms with E-state index >= 15 is 0 Å². The lowest BCUT2D eigenvalue weighted by Crippen LogP contribution is -2.47. The molecule has 1 saturated carbocycles. The molecule has 1 aliphatic heterocycles. The Morgan fingerprint density at radius 1 is 1.00 bits per heavy atom. The van der Waals surface area contributed by atoms with Crippen LogP contribution in [0, 0.1) is 5.82 Å². The monoisotopic (exact) mass is 529 g/mol. The van der Waals surface area contributed by atoms with E-state index in [0.29, 0.717) is 47.0 Å². The summed E-state index contributed by atoms with van der Waals surface area (Å²) in [6.07, 6.45) is 3.84. The van der Waals surface area contributed by atoms with Gasteiger partial charge in [-0.25, -0.2) is 9.07 Å². The average Bonchev–Trinajstić information content (AvgIpc) is 3.62. The third-order valence-electron chi connectivity index (χ3n) is 7.17. The summed E-state index contributed by atoms with van der Waals surface area (Å²) in [4.78, 5) is 29.5. The highest BCUT2D eigenvalue weighted by atomic mass is 19.1. The minimum Gasteiger partial charge on any atom is -0.486 e. The first-order valence-electron chi connectivity index (χ1n) is 13.1. The number of para-hydroxylation sites is 1. The first kappa shape index (κ1) is 24.8. The Labute approximate surface area is 224 Å². The molecule has 0 radical (unpaired) electrons. The Hall–Kier alpha value is -4.47. The number of benzene rings is 3. The van der Waals surface area contributed by atoms with Gasteiger partial charge in [-0.3, -0.25) is 14.5 Å². The number of halogens is 1. The van der Waals surface area contributed by atoms with Crippen molar-refractivity contribution in [2.24, 2.45) is 0 Å². The van der Waals surface area contributed by atoms with Crippen LogP contribution in [0.2, 0.25) is 0 Å². The number of carbonyl (C=O) groups is 2. The zero-order chi connectivity index (χ0) is 26.8. The lowest BCUT2D eigenvalue weighted by Gasteiger charge is -2.33. The molecule has 39 heavy (non-hydrogen) atoms. The molecule has 0 spiro atoms. The van der Waals surface area contributed by atoms with Gasteiger partial charge in [-0.05, 0) is 54.8 Å². The molecular weight excluding hydrogens is 501 g/mol. The number of amides is 2. The van der Waals surface area contributed by atoms with Gasteiger partial charge >= 0.3 is 0 Å². The van der Waals surface area contributed by atoms with Crippen LogP contribution in [0.15, 0.2) is 66.7 Å². The molecule has 3 aromatic carbocycles. The SMILES string of the molecule is O=C(NC1CCCC1)C(c1ccc(F)cc1)N(C(=O)Cn1nnc2ccccc21)c1ccc2c(c1)OCCO2. The first-order chi connectivity index (χ1) is 19.1. The molecule has 2 heterocycles. The number of carbonyl (C=O) groups excluding carboxylic acids is 2. The van der Waals surface area contributed by atoms with E-state index in [1.54, 1.807) is 18.2 Å². The van der Waals surface area contributed by atoms with Gasteiger partial charge in [0.25, 0.3) is 0 Å². The molecule has 9 nitrogen and oxygen atoms in total. The fourth-order valence-corrected chi connectivity index (χ4v) is 5.27. The molecule has 1 aliphatic carbocycles. The molecule has 1 unspecified atom stereocenters. The van der Waals surface area contributed by atoms with Crippen molar-refractivity contribution in [2.45, 2.75) is 44.3 Å². The van der Waals surface area contributed by atoms with E-state index in [1.165, 1.54) is 33.8 Å². The predicted molar refractivity (Wildman–Crippen MR) is 142 cm³/mol. The highest BCUT2D eigenvalue weighted by Gasteiger charge is 2.35. The number of hydrogen-bond donors (Lipinski definition) is 1. The third-order valence-corrected chi connectivity index (χ3v) is 7.17. The molecule has 1 fully saturated rings. The van der Waals surface area contributed by atoms with Crippen molar-refractivity contribution < 1.29 is 23.5 Å². The van der Waals surface area contributed by atoms with Crippen LogP contribution in [0.3, 0.4) is 0 Å². The fourth-order valence-electron chi connectivity index (χ4n) is 5.27. The largest absolute Gasteiger partial charge is 0.486 e. The molecule has 1 atom stereocenters. The summed E-state index contributed by atoms with van der Waals surface area (Å²) in [5.41, 5.74) is 2.29. The van der Waals surface area contributed by atoms with Crippen molar-refractivity contribution in [3.63, 3.8) is 0 Å². The second-order valence-corrected chi connectivity index (χ2v) is 9.77. The smallest absolute Gasteiger partial charge is 0.249 e. The van der Waals surface area contributed by atoms with Gasteiger partial charge in [0.1, 0.15) is 37.1 Å². The van der Waals surface area contributed by atoms with Crippen LogP contribution in [-0.2, 0) is 16.1 Å². The van der Waals surface area contributed by atoms with Crippen molar-refractivity contribution in [2.75, 3.05) is 18.1 Å². The predicted octanol–water partition coefficient (Wildman–Crippen LogP) is 4.17. The first-order valence-corrected chi connectivity index (χ1v) is 13.1. The topological polar surface area (TPSA) is 98.6 Å². The Balaban J connectivity index is 1.43. The van der Waals surface area contributed by atoms with Gasteiger partial charge < -0.3 is 14.8 Å². The number of aromatic nitrogens is 3. The zero-order valence-electron chi connectivity index (χ0n) is 21.3. The maximum Gasteiger partial charge on any atom is 0.249 e. The number of ether oxygens (including phenoxy) is 2. The molecule has 10 heteroatoms. The molecule has 1 aromatic heterocycles. The summed E-state index contributed by atoms with van der Waals surface area (Å²) in [7, 11) is 0. The van der Waals surface area contributed by atoms with Crippen LogP contribution >= 0.6 is 0 Å². The molecule has 1 N–H and O–H groups in total.